The summed E-state index contributed by atoms with van der Waals surface area (Å²) >= 11 is 1.63. The van der Waals surface area contributed by atoms with Crippen LogP contribution in [0.3, 0.4) is 0 Å². The highest BCUT2D eigenvalue weighted by atomic mass is 32.1. The van der Waals surface area contributed by atoms with Crippen LogP contribution in [0.4, 0.5) is 16.5 Å². The lowest BCUT2D eigenvalue weighted by Crippen LogP contribution is -2.09. The number of nitrogen functional groups attached to an aromatic ring is 1. The Bertz CT molecular complexity index is 660. The molecule has 1 aromatic heterocycles. The number of hydrogen-bond acceptors (Lipinski definition) is 6. The lowest BCUT2D eigenvalue weighted by Gasteiger charge is -2.12. The quantitative estimate of drug-likeness (QED) is 0.670. The lowest BCUT2D eigenvalue weighted by molar-refractivity contribution is 0.0527. The summed E-state index contributed by atoms with van der Waals surface area (Å²) in [6, 6.07) is 5.21. The van der Waals surface area contributed by atoms with Gasteiger partial charge >= 0.3 is 5.97 Å². The number of benzene rings is 1. The summed E-state index contributed by atoms with van der Waals surface area (Å²) < 4.78 is 5.07. The van der Waals surface area contributed by atoms with Crippen molar-refractivity contribution in [2.24, 2.45) is 0 Å². The molecule has 0 saturated carbocycles. The van der Waals surface area contributed by atoms with Gasteiger partial charge in [-0.3, -0.25) is 0 Å². The number of fused-ring (bicyclic) bond motifs is 1. The Morgan fingerprint density at radius 2 is 2.33 bits per heavy atom. The Balaban J connectivity index is 1.91. The summed E-state index contributed by atoms with van der Waals surface area (Å²) in [5, 5.41) is 3.97. The van der Waals surface area contributed by atoms with Crippen LogP contribution in [0.5, 0.6) is 0 Å². The number of aromatic nitrogens is 1. The maximum absolute atomic E-state index is 12.0. The van der Waals surface area contributed by atoms with Crippen molar-refractivity contribution in [2.45, 2.75) is 26.2 Å². The second-order valence-electron chi connectivity index (χ2n) is 4.86. The van der Waals surface area contributed by atoms with E-state index in [-0.39, 0.29) is 5.97 Å². The van der Waals surface area contributed by atoms with Crippen molar-refractivity contribution in [3.63, 3.8) is 0 Å². The third kappa shape index (κ3) is 2.71. The molecule has 0 fully saturated rings. The molecule has 0 saturated heterocycles. The van der Waals surface area contributed by atoms with Gasteiger partial charge in [-0.1, -0.05) is 6.07 Å². The average molecular weight is 303 g/mol. The van der Waals surface area contributed by atoms with Gasteiger partial charge in [0.15, 0.2) is 5.13 Å². The molecule has 0 amide bonds. The number of hydrogen-bond donors (Lipinski definition) is 2. The summed E-state index contributed by atoms with van der Waals surface area (Å²) in [5.74, 6) is -0.378. The summed E-state index contributed by atoms with van der Waals surface area (Å²) in [5.41, 5.74) is 8.68. The first-order chi connectivity index (χ1) is 10.2. The molecular formula is C15H17N3O2S. The largest absolute Gasteiger partial charge is 0.462 e. The molecule has 0 bridgehead atoms. The predicted octanol–water partition coefficient (Wildman–Crippen LogP) is 3.13. The van der Waals surface area contributed by atoms with Crippen molar-refractivity contribution in [3.8, 4) is 0 Å². The highest BCUT2D eigenvalue weighted by Gasteiger charge is 2.19. The third-order valence-electron chi connectivity index (χ3n) is 3.42. The van der Waals surface area contributed by atoms with E-state index < -0.39 is 0 Å². The van der Waals surface area contributed by atoms with E-state index in [0.29, 0.717) is 23.5 Å². The molecule has 3 rings (SSSR count). The molecule has 0 unspecified atom stereocenters. The molecule has 2 aromatic rings. The number of nitrogens with two attached hydrogens (primary N) is 1. The van der Waals surface area contributed by atoms with Crippen LogP contribution in [-0.2, 0) is 17.6 Å². The predicted molar refractivity (Wildman–Crippen MR) is 84.2 cm³/mol. The van der Waals surface area contributed by atoms with Crippen LogP contribution in [0.25, 0.3) is 0 Å². The lowest BCUT2D eigenvalue weighted by atomic mass is 10.1. The minimum atomic E-state index is -0.378. The maximum Gasteiger partial charge on any atom is 0.340 e. The number of anilines is 3. The molecule has 6 heteroatoms. The fraction of sp³-hybridized carbons (Fsp3) is 0.333. The molecule has 1 aromatic carbocycles. The number of para-hydroxylation sites is 1. The molecule has 0 spiro atoms. The van der Waals surface area contributed by atoms with Crippen LogP contribution in [0.1, 0.15) is 34.3 Å². The molecular weight excluding hydrogens is 286 g/mol. The molecule has 21 heavy (non-hydrogen) atoms. The molecule has 1 heterocycles. The minimum absolute atomic E-state index is 0.332. The van der Waals surface area contributed by atoms with E-state index in [2.05, 4.69) is 10.3 Å². The minimum Gasteiger partial charge on any atom is -0.462 e. The molecule has 0 atom stereocenters. The van der Waals surface area contributed by atoms with E-state index in [1.807, 2.05) is 0 Å². The van der Waals surface area contributed by atoms with Crippen molar-refractivity contribution in [1.82, 2.24) is 4.98 Å². The average Bonchev–Trinajstić information content (AvgIpc) is 3.02. The summed E-state index contributed by atoms with van der Waals surface area (Å²) in [4.78, 5) is 17.9. The van der Waals surface area contributed by atoms with Crippen molar-refractivity contribution in [1.29, 1.82) is 0 Å². The van der Waals surface area contributed by atoms with Gasteiger partial charge in [0.1, 0.15) is 0 Å². The van der Waals surface area contributed by atoms with Crippen LogP contribution >= 0.6 is 11.3 Å². The summed E-state index contributed by atoms with van der Waals surface area (Å²) in [6.07, 6.45) is 3.29. The number of esters is 1. The van der Waals surface area contributed by atoms with Crippen molar-refractivity contribution < 1.29 is 9.53 Å². The fourth-order valence-corrected chi connectivity index (χ4v) is 3.49. The standard InChI is InChI=1S/C15H17N3O2S/c1-2-20-14(19)9-5-3-6-10(16)13(9)18-15-17-11-7-4-8-12(11)21-15/h3,5-6H,2,4,7-8,16H2,1H3,(H,17,18). The van der Waals surface area contributed by atoms with Gasteiger partial charge in [-0.25, -0.2) is 9.78 Å². The Hall–Kier alpha value is -2.08. The Morgan fingerprint density at radius 1 is 1.48 bits per heavy atom. The zero-order valence-corrected chi connectivity index (χ0v) is 12.6. The SMILES string of the molecule is CCOC(=O)c1cccc(N)c1Nc1nc2c(s1)CCC2. The van der Waals surface area contributed by atoms with Gasteiger partial charge in [-0.2, -0.15) is 0 Å². The van der Waals surface area contributed by atoms with E-state index in [1.54, 1.807) is 36.5 Å². The number of ether oxygens (including phenoxy) is 1. The number of nitrogens with one attached hydrogen (secondary N) is 1. The van der Waals surface area contributed by atoms with Crippen LogP contribution in [0.2, 0.25) is 0 Å². The number of aryl methyl sites for hydroxylation is 2. The summed E-state index contributed by atoms with van der Waals surface area (Å²) in [7, 11) is 0. The normalized spacial score (nSPS) is 13.0. The second kappa shape index (κ2) is 5.73. The van der Waals surface area contributed by atoms with Gasteiger partial charge in [-0.15, -0.1) is 11.3 Å². The number of thiazole rings is 1. The highest BCUT2D eigenvalue weighted by molar-refractivity contribution is 7.15. The van der Waals surface area contributed by atoms with Gasteiger partial charge in [0.2, 0.25) is 0 Å². The Kier molecular flexibility index (Phi) is 3.79. The first-order valence-corrected chi connectivity index (χ1v) is 7.82. The van der Waals surface area contributed by atoms with Gasteiger partial charge in [0, 0.05) is 4.88 Å². The molecule has 0 radical (unpaired) electrons. The Labute approximate surface area is 127 Å². The number of nitrogens with zero attached hydrogens (tertiary/aromatic N) is 1. The zero-order valence-electron chi connectivity index (χ0n) is 11.8. The van der Waals surface area contributed by atoms with Crippen molar-refractivity contribution >= 4 is 33.8 Å². The van der Waals surface area contributed by atoms with Gasteiger partial charge in [0.05, 0.1) is 29.2 Å². The van der Waals surface area contributed by atoms with Gasteiger partial charge < -0.3 is 15.8 Å². The van der Waals surface area contributed by atoms with Gasteiger partial charge in [-0.05, 0) is 38.3 Å². The molecule has 110 valence electrons. The van der Waals surface area contributed by atoms with Crippen LogP contribution in [0.15, 0.2) is 18.2 Å². The van der Waals surface area contributed by atoms with Crippen molar-refractivity contribution in [3.05, 3.63) is 34.3 Å². The molecule has 1 aliphatic carbocycles. The van der Waals surface area contributed by atoms with Crippen LogP contribution in [0, 0.1) is 0 Å². The topological polar surface area (TPSA) is 77.2 Å². The summed E-state index contributed by atoms with van der Waals surface area (Å²) in [6.45, 7) is 2.11. The second-order valence-corrected chi connectivity index (χ2v) is 5.94. The van der Waals surface area contributed by atoms with Crippen LogP contribution < -0.4 is 11.1 Å². The highest BCUT2D eigenvalue weighted by Crippen LogP contribution is 2.34. The smallest absolute Gasteiger partial charge is 0.340 e. The van der Waals surface area contributed by atoms with Crippen LogP contribution in [-0.4, -0.2) is 17.6 Å². The number of rotatable bonds is 4. The third-order valence-corrected chi connectivity index (χ3v) is 4.49. The number of carbonyl (C=O) groups is 1. The van der Waals surface area contributed by atoms with E-state index in [4.69, 9.17) is 10.5 Å². The Morgan fingerprint density at radius 3 is 3.10 bits per heavy atom. The van der Waals surface area contributed by atoms with Crippen molar-refractivity contribution in [2.75, 3.05) is 17.7 Å². The fourth-order valence-electron chi connectivity index (χ4n) is 2.44. The monoisotopic (exact) mass is 303 g/mol. The zero-order chi connectivity index (χ0) is 14.8. The van der Waals surface area contributed by atoms with Gasteiger partial charge in [0.25, 0.3) is 0 Å². The van der Waals surface area contributed by atoms with E-state index in [0.717, 1.165) is 23.7 Å². The molecule has 1 aliphatic rings. The first kappa shape index (κ1) is 13.9. The van der Waals surface area contributed by atoms with E-state index >= 15 is 0 Å². The van der Waals surface area contributed by atoms with E-state index in [9.17, 15) is 4.79 Å². The molecule has 0 aliphatic heterocycles. The number of carbonyl (C=O) groups excluding carboxylic acids is 1. The molecule has 5 nitrogen and oxygen atoms in total. The maximum atomic E-state index is 12.0. The molecule has 3 N–H and O–H groups in total. The van der Waals surface area contributed by atoms with E-state index in [1.165, 1.54) is 11.3 Å². The first-order valence-electron chi connectivity index (χ1n) is 7.00.